The standard InChI is InChI=1S/C51H30N4OS/c1-3-12-31(13-4-1)36-18-11-21-47-48(36)41-28-33(23-27-46(41)57-47)50-52-49(32-14-5-2-6-15-32)53-51(54-50)34-22-25-39-40-30-35(24-26-44(40)56-45(39)29-34)55-42-19-9-7-16-37(42)38-17-8-10-20-43(38)55/h1-30H. The molecule has 6 heteroatoms. The molecule has 0 aliphatic carbocycles. The Morgan fingerprint density at radius 3 is 1.75 bits per heavy atom. The zero-order valence-corrected chi connectivity index (χ0v) is 31.2. The van der Waals surface area contributed by atoms with Crippen molar-refractivity contribution in [1.82, 2.24) is 19.5 Å². The summed E-state index contributed by atoms with van der Waals surface area (Å²) in [6.45, 7) is 0. The van der Waals surface area contributed by atoms with E-state index >= 15 is 0 Å². The zero-order valence-electron chi connectivity index (χ0n) is 30.4. The molecule has 4 aromatic heterocycles. The Kier molecular flexibility index (Phi) is 7.03. The summed E-state index contributed by atoms with van der Waals surface area (Å²) in [4.78, 5) is 15.3. The van der Waals surface area contributed by atoms with Crippen molar-refractivity contribution in [3.63, 3.8) is 0 Å². The number of rotatable bonds is 5. The molecule has 0 aliphatic rings. The number of hydrogen-bond acceptors (Lipinski definition) is 5. The quantitative estimate of drug-likeness (QED) is 0.176. The van der Waals surface area contributed by atoms with Crippen LogP contribution in [0.15, 0.2) is 186 Å². The first kappa shape index (κ1) is 31.9. The molecular formula is C51H30N4OS. The topological polar surface area (TPSA) is 56.7 Å². The molecule has 0 N–H and O–H groups in total. The smallest absolute Gasteiger partial charge is 0.164 e. The van der Waals surface area contributed by atoms with E-state index in [0.717, 1.165) is 44.3 Å². The minimum atomic E-state index is 0.590. The van der Waals surface area contributed by atoms with Crippen molar-refractivity contribution in [3.8, 4) is 51.0 Å². The lowest BCUT2D eigenvalue weighted by molar-refractivity contribution is 0.669. The first-order valence-electron chi connectivity index (χ1n) is 19.0. The van der Waals surface area contributed by atoms with E-state index in [2.05, 4.69) is 156 Å². The molecule has 0 spiro atoms. The van der Waals surface area contributed by atoms with Crippen molar-refractivity contribution in [2.45, 2.75) is 0 Å². The second kappa shape index (κ2) is 12.6. The van der Waals surface area contributed by atoms with Crippen LogP contribution in [0.4, 0.5) is 0 Å². The van der Waals surface area contributed by atoms with Crippen molar-refractivity contribution in [2.24, 2.45) is 0 Å². The second-order valence-electron chi connectivity index (χ2n) is 14.4. The van der Waals surface area contributed by atoms with Crippen LogP contribution < -0.4 is 0 Å². The van der Waals surface area contributed by atoms with Crippen molar-refractivity contribution in [3.05, 3.63) is 182 Å². The van der Waals surface area contributed by atoms with E-state index in [1.165, 1.54) is 53.1 Å². The van der Waals surface area contributed by atoms with E-state index < -0.39 is 0 Å². The fourth-order valence-corrected chi connectivity index (χ4v) is 9.53. The molecule has 0 saturated carbocycles. The predicted octanol–water partition coefficient (Wildman–Crippen LogP) is 13.9. The summed E-state index contributed by atoms with van der Waals surface area (Å²) in [6.07, 6.45) is 0. The van der Waals surface area contributed by atoms with Gasteiger partial charge in [-0.2, -0.15) is 0 Å². The largest absolute Gasteiger partial charge is 0.456 e. The van der Waals surface area contributed by atoms with Gasteiger partial charge in [0.05, 0.1) is 11.0 Å². The second-order valence-corrected chi connectivity index (χ2v) is 15.5. The summed E-state index contributed by atoms with van der Waals surface area (Å²) in [5.74, 6) is 1.83. The first-order chi connectivity index (χ1) is 28.2. The van der Waals surface area contributed by atoms with Gasteiger partial charge in [0, 0.05) is 64.1 Å². The molecular weight excluding hydrogens is 717 g/mol. The minimum Gasteiger partial charge on any atom is -0.456 e. The van der Waals surface area contributed by atoms with Crippen LogP contribution in [0.2, 0.25) is 0 Å². The Labute approximate surface area is 330 Å². The third-order valence-corrected chi connectivity index (χ3v) is 12.2. The molecule has 0 atom stereocenters. The van der Waals surface area contributed by atoms with Gasteiger partial charge in [-0.25, -0.2) is 15.0 Å². The van der Waals surface area contributed by atoms with E-state index in [4.69, 9.17) is 19.4 Å². The number of fused-ring (bicyclic) bond motifs is 9. The average Bonchev–Trinajstić information content (AvgIpc) is 3.95. The molecule has 12 rings (SSSR count). The highest BCUT2D eigenvalue weighted by Gasteiger charge is 2.18. The lowest BCUT2D eigenvalue weighted by Gasteiger charge is -2.09. The van der Waals surface area contributed by atoms with Crippen molar-refractivity contribution >= 4 is 75.3 Å². The SMILES string of the molecule is c1ccc(-c2nc(-c3ccc4c(c3)oc3ccc(-n5c6ccccc6c6ccccc65)cc34)nc(-c3ccc4sc5cccc(-c6ccccc6)c5c4c3)n2)cc1. The third kappa shape index (κ3) is 5.12. The van der Waals surface area contributed by atoms with E-state index in [1.807, 2.05) is 41.7 Å². The first-order valence-corrected chi connectivity index (χ1v) is 19.8. The number of nitrogens with zero attached hydrogens (tertiary/aromatic N) is 4. The van der Waals surface area contributed by atoms with Crippen LogP contribution >= 0.6 is 11.3 Å². The Hall–Kier alpha value is -7.41. The molecule has 266 valence electrons. The van der Waals surface area contributed by atoms with Crippen LogP contribution in [-0.2, 0) is 0 Å². The van der Waals surface area contributed by atoms with Crippen LogP contribution in [-0.4, -0.2) is 19.5 Å². The molecule has 0 aliphatic heterocycles. The van der Waals surface area contributed by atoms with Crippen molar-refractivity contribution < 1.29 is 4.42 Å². The number of hydrogen-bond donors (Lipinski definition) is 0. The van der Waals surface area contributed by atoms with Crippen LogP contribution in [0, 0.1) is 0 Å². The van der Waals surface area contributed by atoms with Gasteiger partial charge >= 0.3 is 0 Å². The Morgan fingerprint density at radius 1 is 0.386 bits per heavy atom. The molecule has 12 aromatic rings. The van der Waals surface area contributed by atoms with Crippen LogP contribution in [0.5, 0.6) is 0 Å². The summed E-state index contributed by atoms with van der Waals surface area (Å²) in [5, 5.41) is 7.02. The summed E-state index contributed by atoms with van der Waals surface area (Å²) in [5.41, 5.74) is 10.2. The van der Waals surface area contributed by atoms with Crippen molar-refractivity contribution in [1.29, 1.82) is 0 Å². The Bertz CT molecular complexity index is 3470. The van der Waals surface area contributed by atoms with Gasteiger partial charge in [0.25, 0.3) is 0 Å². The molecule has 0 saturated heterocycles. The maximum absolute atomic E-state index is 6.54. The highest BCUT2D eigenvalue weighted by Crippen LogP contribution is 2.42. The highest BCUT2D eigenvalue weighted by atomic mass is 32.1. The molecule has 4 heterocycles. The monoisotopic (exact) mass is 746 g/mol. The van der Waals surface area contributed by atoms with Crippen molar-refractivity contribution in [2.75, 3.05) is 0 Å². The van der Waals surface area contributed by atoms with Gasteiger partial charge in [0.15, 0.2) is 17.5 Å². The average molecular weight is 747 g/mol. The molecule has 57 heavy (non-hydrogen) atoms. The van der Waals surface area contributed by atoms with Crippen LogP contribution in [0.3, 0.4) is 0 Å². The molecule has 0 bridgehead atoms. The molecule has 5 nitrogen and oxygen atoms in total. The van der Waals surface area contributed by atoms with Gasteiger partial charge in [0.1, 0.15) is 11.2 Å². The number of aromatic nitrogens is 4. The van der Waals surface area contributed by atoms with Gasteiger partial charge in [-0.15, -0.1) is 11.3 Å². The van der Waals surface area contributed by atoms with E-state index in [0.29, 0.717) is 17.5 Å². The zero-order chi connectivity index (χ0) is 37.5. The van der Waals surface area contributed by atoms with Crippen LogP contribution in [0.1, 0.15) is 0 Å². The van der Waals surface area contributed by atoms with Crippen LogP contribution in [0.25, 0.3) is 115 Å². The molecule has 8 aromatic carbocycles. The highest BCUT2D eigenvalue weighted by molar-refractivity contribution is 7.26. The van der Waals surface area contributed by atoms with Gasteiger partial charge in [-0.05, 0) is 77.9 Å². The van der Waals surface area contributed by atoms with Gasteiger partial charge < -0.3 is 8.98 Å². The summed E-state index contributed by atoms with van der Waals surface area (Å²) >= 11 is 1.81. The number of thiophene rings is 1. The lowest BCUT2D eigenvalue weighted by Crippen LogP contribution is -2.00. The summed E-state index contributed by atoms with van der Waals surface area (Å²) in [7, 11) is 0. The van der Waals surface area contributed by atoms with E-state index in [9.17, 15) is 0 Å². The summed E-state index contributed by atoms with van der Waals surface area (Å²) in [6, 6.07) is 63.8. The van der Waals surface area contributed by atoms with Gasteiger partial charge in [-0.3, -0.25) is 0 Å². The predicted molar refractivity (Wildman–Crippen MR) is 236 cm³/mol. The summed E-state index contributed by atoms with van der Waals surface area (Å²) < 4.78 is 11.4. The van der Waals surface area contributed by atoms with E-state index in [1.54, 1.807) is 0 Å². The number of benzene rings is 8. The Morgan fingerprint density at radius 2 is 1.02 bits per heavy atom. The maximum Gasteiger partial charge on any atom is 0.164 e. The van der Waals surface area contributed by atoms with Gasteiger partial charge in [-0.1, -0.05) is 115 Å². The normalized spacial score (nSPS) is 11.9. The maximum atomic E-state index is 6.54. The minimum absolute atomic E-state index is 0.590. The fraction of sp³-hybridized carbons (Fsp3) is 0. The van der Waals surface area contributed by atoms with Gasteiger partial charge in [0.2, 0.25) is 0 Å². The number of para-hydroxylation sites is 2. The van der Waals surface area contributed by atoms with E-state index in [-0.39, 0.29) is 0 Å². The molecule has 0 radical (unpaired) electrons. The fourth-order valence-electron chi connectivity index (χ4n) is 8.42. The number of furan rings is 1. The lowest BCUT2D eigenvalue weighted by atomic mass is 9.99. The molecule has 0 fully saturated rings. The Balaban J connectivity index is 1.00. The molecule has 0 unspecified atom stereocenters. The molecule has 0 amide bonds. The third-order valence-electron chi connectivity index (χ3n) is 11.1.